The van der Waals surface area contributed by atoms with Gasteiger partial charge in [-0.1, -0.05) is 11.6 Å². The summed E-state index contributed by atoms with van der Waals surface area (Å²) in [5.41, 5.74) is 1.59. The summed E-state index contributed by atoms with van der Waals surface area (Å²) in [5, 5.41) is 9.51. The van der Waals surface area contributed by atoms with Crippen LogP contribution in [0.3, 0.4) is 0 Å². The zero-order valence-corrected chi connectivity index (χ0v) is 21.4. The van der Waals surface area contributed by atoms with Crippen molar-refractivity contribution in [1.82, 2.24) is 15.0 Å². The number of hydrogen-bond donors (Lipinski definition) is 1. The summed E-state index contributed by atoms with van der Waals surface area (Å²) in [6.45, 7) is 7.98. The smallest absolute Gasteiger partial charge is 0.337 e. The molecule has 0 radical (unpaired) electrons. The van der Waals surface area contributed by atoms with Gasteiger partial charge in [0, 0.05) is 50.0 Å². The van der Waals surface area contributed by atoms with Crippen LogP contribution < -0.4 is 14.7 Å². The molecule has 37 heavy (non-hydrogen) atoms. The van der Waals surface area contributed by atoms with Crippen LogP contribution in [0.5, 0.6) is 0 Å². The van der Waals surface area contributed by atoms with Gasteiger partial charge < -0.3 is 24.5 Å². The van der Waals surface area contributed by atoms with E-state index < -0.39 is 5.97 Å². The van der Waals surface area contributed by atoms with Crippen LogP contribution in [-0.4, -0.2) is 77.5 Å². The Hall–Kier alpha value is -3.50. The second-order valence-corrected chi connectivity index (χ2v) is 9.77. The second kappa shape index (κ2) is 10.5. The molecule has 0 saturated carbocycles. The van der Waals surface area contributed by atoms with E-state index in [1.807, 2.05) is 6.07 Å². The van der Waals surface area contributed by atoms with Crippen LogP contribution in [0.1, 0.15) is 24.2 Å². The lowest BCUT2D eigenvalue weighted by molar-refractivity contribution is 0.0696. The van der Waals surface area contributed by atoms with Crippen molar-refractivity contribution < 1.29 is 19.0 Å². The molecule has 11 heteroatoms. The van der Waals surface area contributed by atoms with Gasteiger partial charge in [0.25, 0.3) is 0 Å². The molecule has 0 aliphatic carbocycles. The molecule has 1 N–H and O–H groups in total. The highest BCUT2D eigenvalue weighted by atomic mass is 35.5. The van der Waals surface area contributed by atoms with Gasteiger partial charge in [0.2, 0.25) is 5.95 Å². The molecular formula is C26H28ClFN6O3. The summed E-state index contributed by atoms with van der Waals surface area (Å²) in [7, 11) is 0. The number of piperazine rings is 1. The minimum absolute atomic E-state index is 0.0525. The third-order valence-corrected chi connectivity index (χ3v) is 7.03. The van der Waals surface area contributed by atoms with Crippen molar-refractivity contribution in [3.05, 3.63) is 59.0 Å². The molecule has 2 atom stereocenters. The maximum absolute atomic E-state index is 13.6. The van der Waals surface area contributed by atoms with Crippen LogP contribution in [0.2, 0.25) is 5.02 Å². The van der Waals surface area contributed by atoms with E-state index in [9.17, 15) is 14.3 Å². The third-order valence-electron chi connectivity index (χ3n) is 6.76. The average molecular weight is 527 g/mol. The highest BCUT2D eigenvalue weighted by Crippen LogP contribution is 2.31. The summed E-state index contributed by atoms with van der Waals surface area (Å²) in [5.74, 6) is 0.612. The maximum Gasteiger partial charge on any atom is 0.337 e. The number of nitrogens with zero attached hydrogens (tertiary/aromatic N) is 6. The molecule has 0 amide bonds. The molecule has 5 rings (SSSR count). The number of anilines is 3. The summed E-state index contributed by atoms with van der Waals surface area (Å²) in [6, 6.07) is 9.87. The van der Waals surface area contributed by atoms with Gasteiger partial charge >= 0.3 is 5.97 Å². The lowest BCUT2D eigenvalue weighted by atomic mass is 10.1. The highest BCUT2D eigenvalue weighted by molar-refractivity contribution is 6.33. The normalized spacial score (nSPS) is 20.3. The molecule has 2 fully saturated rings. The molecule has 1 aromatic carbocycles. The molecule has 0 bridgehead atoms. The van der Waals surface area contributed by atoms with Crippen molar-refractivity contribution in [2.24, 2.45) is 0 Å². The van der Waals surface area contributed by atoms with Crippen molar-refractivity contribution in [1.29, 1.82) is 0 Å². The number of aromatic carboxylic acids is 1. The lowest BCUT2D eigenvalue weighted by Crippen LogP contribution is -2.53. The van der Waals surface area contributed by atoms with E-state index >= 15 is 0 Å². The number of morpholine rings is 1. The Bertz CT molecular complexity index is 1290. The first-order valence-corrected chi connectivity index (χ1v) is 12.6. The Morgan fingerprint density at radius 3 is 2.54 bits per heavy atom. The second-order valence-electron chi connectivity index (χ2n) is 9.36. The minimum atomic E-state index is -1.06. The van der Waals surface area contributed by atoms with Crippen molar-refractivity contribution in [2.45, 2.75) is 25.9 Å². The predicted octanol–water partition coefficient (Wildman–Crippen LogP) is 3.97. The number of pyridine rings is 1. The van der Waals surface area contributed by atoms with E-state index in [0.717, 1.165) is 17.1 Å². The number of halogens is 2. The largest absolute Gasteiger partial charge is 0.478 e. The molecule has 194 valence electrons. The summed E-state index contributed by atoms with van der Waals surface area (Å²) >= 11 is 6.38. The zero-order chi connectivity index (χ0) is 26.1. The first-order valence-electron chi connectivity index (χ1n) is 12.2. The predicted molar refractivity (Wildman–Crippen MR) is 140 cm³/mol. The molecule has 2 aliphatic rings. The number of carboxylic acids is 1. The van der Waals surface area contributed by atoms with Crippen LogP contribution in [0.25, 0.3) is 11.3 Å². The standard InChI is InChI=1S/C26H28ClFN6O3/c1-16-14-32(24-21(27)11-19(13-29-24)25(35)36)7-8-33(16)23-12-22(18-3-5-20(28)6-4-18)30-26(31-23)34-9-10-37-15-17(34)2/h3-6,11-13,16-17H,7-10,14-15H2,1-2H3,(H,35,36)/t16-,17+/m0/s1. The third kappa shape index (κ3) is 5.30. The highest BCUT2D eigenvalue weighted by Gasteiger charge is 2.29. The van der Waals surface area contributed by atoms with Crippen LogP contribution in [0, 0.1) is 5.82 Å². The lowest BCUT2D eigenvalue weighted by Gasteiger charge is -2.42. The van der Waals surface area contributed by atoms with E-state index in [1.165, 1.54) is 24.4 Å². The summed E-state index contributed by atoms with van der Waals surface area (Å²) in [6.07, 6.45) is 1.33. The van der Waals surface area contributed by atoms with Crippen molar-refractivity contribution in [2.75, 3.05) is 54.1 Å². The Labute approximate surface area is 219 Å². The fourth-order valence-corrected chi connectivity index (χ4v) is 5.05. The van der Waals surface area contributed by atoms with Gasteiger partial charge in [-0.05, 0) is 44.2 Å². The number of hydrogen-bond acceptors (Lipinski definition) is 8. The molecular weight excluding hydrogens is 499 g/mol. The van der Waals surface area contributed by atoms with Crippen molar-refractivity contribution in [3.63, 3.8) is 0 Å². The summed E-state index contributed by atoms with van der Waals surface area (Å²) in [4.78, 5) is 31.8. The van der Waals surface area contributed by atoms with Gasteiger partial charge in [-0.3, -0.25) is 0 Å². The van der Waals surface area contributed by atoms with Crippen LogP contribution in [0.15, 0.2) is 42.6 Å². The number of aromatic nitrogens is 3. The fourth-order valence-electron chi connectivity index (χ4n) is 4.76. The zero-order valence-electron chi connectivity index (χ0n) is 20.6. The Morgan fingerprint density at radius 2 is 1.86 bits per heavy atom. The topological polar surface area (TPSA) is 94.9 Å². The number of ether oxygens (including phenoxy) is 1. The number of rotatable bonds is 5. The van der Waals surface area contributed by atoms with E-state index in [2.05, 4.69) is 33.5 Å². The van der Waals surface area contributed by atoms with Gasteiger partial charge in [0.05, 0.1) is 35.5 Å². The van der Waals surface area contributed by atoms with Crippen molar-refractivity contribution in [3.8, 4) is 11.3 Å². The van der Waals surface area contributed by atoms with Gasteiger partial charge in [-0.2, -0.15) is 4.98 Å². The Kier molecular flexibility index (Phi) is 7.12. The van der Waals surface area contributed by atoms with Crippen molar-refractivity contribution >= 4 is 35.2 Å². The van der Waals surface area contributed by atoms with E-state index in [0.29, 0.717) is 56.2 Å². The fraction of sp³-hybridized carbons (Fsp3) is 0.385. The van der Waals surface area contributed by atoms with E-state index in [-0.39, 0.29) is 23.5 Å². The van der Waals surface area contributed by atoms with Gasteiger partial charge in [0.15, 0.2) is 0 Å². The number of carboxylic acid groups (broad SMARTS) is 1. The monoisotopic (exact) mass is 526 g/mol. The van der Waals surface area contributed by atoms with E-state index in [4.69, 9.17) is 26.3 Å². The van der Waals surface area contributed by atoms with Gasteiger partial charge in [-0.25, -0.2) is 19.2 Å². The number of benzene rings is 1. The molecule has 2 aliphatic heterocycles. The van der Waals surface area contributed by atoms with E-state index in [1.54, 1.807) is 12.1 Å². The summed E-state index contributed by atoms with van der Waals surface area (Å²) < 4.78 is 19.2. The molecule has 4 heterocycles. The SMILES string of the molecule is C[C@@H]1COCCN1c1nc(-c2ccc(F)cc2)cc(N2CCN(c3ncc(C(=O)O)cc3Cl)C[C@@H]2C)n1. The first kappa shape index (κ1) is 25.2. The van der Waals surface area contributed by atoms with Crippen LogP contribution in [0.4, 0.5) is 22.0 Å². The Morgan fingerprint density at radius 1 is 1.08 bits per heavy atom. The van der Waals surface area contributed by atoms with Crippen LogP contribution in [-0.2, 0) is 4.74 Å². The molecule has 2 aromatic heterocycles. The molecule has 2 saturated heterocycles. The number of carbonyl (C=O) groups is 1. The molecule has 3 aromatic rings. The first-order chi connectivity index (χ1) is 17.8. The average Bonchev–Trinajstić information content (AvgIpc) is 2.89. The minimum Gasteiger partial charge on any atom is -0.478 e. The van der Waals surface area contributed by atoms with Gasteiger partial charge in [-0.15, -0.1) is 0 Å². The Balaban J connectivity index is 1.44. The molecule has 9 nitrogen and oxygen atoms in total. The quantitative estimate of drug-likeness (QED) is 0.530. The maximum atomic E-state index is 13.6. The molecule has 0 unspecified atom stereocenters. The van der Waals surface area contributed by atoms with Crippen LogP contribution >= 0.6 is 11.6 Å². The van der Waals surface area contributed by atoms with Gasteiger partial charge in [0.1, 0.15) is 17.5 Å². The molecule has 0 spiro atoms.